The van der Waals surface area contributed by atoms with Crippen molar-refractivity contribution in [1.29, 1.82) is 0 Å². The summed E-state index contributed by atoms with van der Waals surface area (Å²) in [6.45, 7) is 0.474. The molecule has 1 saturated heterocycles. The molecule has 1 aliphatic carbocycles. The van der Waals surface area contributed by atoms with Crippen molar-refractivity contribution in [2.45, 2.75) is 43.7 Å². The summed E-state index contributed by atoms with van der Waals surface area (Å²) >= 11 is 0. The molecule has 1 amide bonds. The first kappa shape index (κ1) is 24.9. The number of likely N-dealkylation sites (tertiary alicyclic amines) is 1. The van der Waals surface area contributed by atoms with E-state index in [-0.39, 0.29) is 17.9 Å². The molecule has 2 aromatic rings. The Hall–Kier alpha value is -3.19. The van der Waals surface area contributed by atoms with E-state index in [9.17, 15) is 9.90 Å². The van der Waals surface area contributed by atoms with E-state index in [0.717, 1.165) is 36.8 Å². The van der Waals surface area contributed by atoms with Gasteiger partial charge in [0.1, 0.15) is 11.5 Å². The van der Waals surface area contributed by atoms with Crippen LogP contribution in [-0.2, 0) is 4.79 Å². The van der Waals surface area contributed by atoms with Gasteiger partial charge in [-0.05, 0) is 55.2 Å². The molecular formula is C28H35NO6. The summed E-state index contributed by atoms with van der Waals surface area (Å²) in [5, 5.41) is 11.6. The van der Waals surface area contributed by atoms with E-state index >= 15 is 0 Å². The monoisotopic (exact) mass is 481 g/mol. The third-order valence-corrected chi connectivity index (χ3v) is 7.44. The van der Waals surface area contributed by atoms with Crippen LogP contribution in [0.3, 0.4) is 0 Å². The molecule has 1 aliphatic heterocycles. The Bertz CT molecular complexity index is 1080. The number of aliphatic hydroxyl groups is 1. The number of fused-ring (bicyclic) bond motifs is 1. The van der Waals surface area contributed by atoms with E-state index in [1.54, 1.807) is 40.6 Å². The average molecular weight is 482 g/mol. The summed E-state index contributed by atoms with van der Waals surface area (Å²) in [4.78, 5) is 15.5. The number of hydrogen-bond acceptors (Lipinski definition) is 6. The minimum absolute atomic E-state index is 0.0641. The number of methoxy groups -OCH3 is 4. The minimum Gasteiger partial charge on any atom is -0.497 e. The lowest BCUT2D eigenvalue weighted by molar-refractivity contribution is -0.151. The van der Waals surface area contributed by atoms with Crippen LogP contribution in [0.25, 0.3) is 6.08 Å². The van der Waals surface area contributed by atoms with Crippen molar-refractivity contribution in [3.8, 4) is 23.0 Å². The molecule has 35 heavy (non-hydrogen) atoms. The van der Waals surface area contributed by atoms with Gasteiger partial charge in [0, 0.05) is 30.2 Å². The lowest BCUT2D eigenvalue weighted by Gasteiger charge is -2.52. The van der Waals surface area contributed by atoms with Gasteiger partial charge in [0.05, 0.1) is 40.1 Å². The Morgan fingerprint density at radius 3 is 2.43 bits per heavy atom. The molecular weight excluding hydrogens is 446 g/mol. The van der Waals surface area contributed by atoms with Crippen LogP contribution in [0.1, 0.15) is 49.3 Å². The second-order valence-electron chi connectivity index (χ2n) is 9.24. The second-order valence-corrected chi connectivity index (χ2v) is 9.24. The van der Waals surface area contributed by atoms with Gasteiger partial charge in [-0.2, -0.15) is 0 Å². The highest BCUT2D eigenvalue weighted by atomic mass is 16.5. The van der Waals surface area contributed by atoms with Gasteiger partial charge in [-0.15, -0.1) is 0 Å². The lowest BCUT2D eigenvalue weighted by Crippen LogP contribution is -2.56. The van der Waals surface area contributed by atoms with Crippen LogP contribution in [0.5, 0.6) is 23.0 Å². The van der Waals surface area contributed by atoms with E-state index in [1.807, 2.05) is 41.3 Å². The van der Waals surface area contributed by atoms with Crippen LogP contribution in [0, 0.1) is 5.92 Å². The summed E-state index contributed by atoms with van der Waals surface area (Å²) in [6.07, 6.45) is 7.61. The molecule has 0 unspecified atom stereocenters. The number of amides is 1. The van der Waals surface area contributed by atoms with Crippen molar-refractivity contribution in [2.75, 3.05) is 35.0 Å². The van der Waals surface area contributed by atoms with Gasteiger partial charge in [0.2, 0.25) is 5.91 Å². The maximum absolute atomic E-state index is 13.6. The molecule has 7 nitrogen and oxygen atoms in total. The fourth-order valence-corrected chi connectivity index (χ4v) is 5.60. The molecule has 1 N–H and O–H groups in total. The predicted molar refractivity (Wildman–Crippen MR) is 134 cm³/mol. The minimum atomic E-state index is -0.780. The lowest BCUT2D eigenvalue weighted by atomic mass is 9.66. The molecule has 2 aromatic carbocycles. The van der Waals surface area contributed by atoms with E-state index < -0.39 is 5.60 Å². The highest BCUT2D eigenvalue weighted by molar-refractivity contribution is 5.92. The quantitative estimate of drug-likeness (QED) is 0.581. The van der Waals surface area contributed by atoms with Gasteiger partial charge >= 0.3 is 0 Å². The number of nitrogens with zero attached hydrogens (tertiary/aromatic N) is 1. The molecule has 0 bridgehead atoms. The number of hydrogen-bond donors (Lipinski definition) is 1. The molecule has 0 aromatic heterocycles. The fourth-order valence-electron chi connectivity index (χ4n) is 5.60. The molecule has 188 valence electrons. The maximum Gasteiger partial charge on any atom is 0.247 e. The standard InChI is InChI=1S/C28H35NO6/c1-32-20-10-11-21(24(18-20)34-3)27-22-7-5-6-14-28(22,31)15-16-29(27)26(30)13-9-19-8-12-23(33-2)25(17-19)35-4/h8-13,17-18,22,27,31H,5-7,14-16H2,1-4H3/b13-9+/t22-,27-,28-/m1/s1. The van der Waals surface area contributed by atoms with Crippen LogP contribution < -0.4 is 18.9 Å². The largest absolute Gasteiger partial charge is 0.497 e. The van der Waals surface area contributed by atoms with Gasteiger partial charge in [-0.25, -0.2) is 0 Å². The van der Waals surface area contributed by atoms with Gasteiger partial charge < -0.3 is 29.0 Å². The average Bonchev–Trinajstić information content (AvgIpc) is 2.90. The van der Waals surface area contributed by atoms with Gasteiger partial charge in [0.15, 0.2) is 11.5 Å². The van der Waals surface area contributed by atoms with Crippen LogP contribution in [0.15, 0.2) is 42.5 Å². The molecule has 2 aliphatic rings. The van der Waals surface area contributed by atoms with Crippen LogP contribution in [0.4, 0.5) is 0 Å². The molecule has 1 heterocycles. The zero-order valence-corrected chi connectivity index (χ0v) is 21.0. The van der Waals surface area contributed by atoms with Crippen molar-refractivity contribution in [3.63, 3.8) is 0 Å². The summed E-state index contributed by atoms with van der Waals surface area (Å²) in [5.74, 6) is 2.42. The van der Waals surface area contributed by atoms with Crippen molar-refractivity contribution in [2.24, 2.45) is 5.92 Å². The molecule has 7 heteroatoms. The zero-order valence-electron chi connectivity index (χ0n) is 21.0. The SMILES string of the molecule is COc1ccc([C@@H]2[C@H]3CCCC[C@@]3(O)CCN2C(=O)/C=C/c2ccc(OC)c(OC)c2)c(OC)c1. The Kier molecular flexibility index (Phi) is 7.55. The first-order chi connectivity index (χ1) is 16.9. The summed E-state index contributed by atoms with van der Waals surface area (Å²) in [7, 11) is 6.41. The number of carbonyl (C=O) groups excluding carboxylic acids is 1. The molecule has 1 saturated carbocycles. The molecule has 4 rings (SSSR count). The number of ether oxygens (including phenoxy) is 4. The fraction of sp³-hybridized carbons (Fsp3) is 0.464. The van der Waals surface area contributed by atoms with E-state index in [4.69, 9.17) is 18.9 Å². The Labute approximate surface area is 207 Å². The summed E-state index contributed by atoms with van der Waals surface area (Å²) in [5.41, 5.74) is 0.949. The van der Waals surface area contributed by atoms with Crippen LogP contribution >= 0.6 is 0 Å². The van der Waals surface area contributed by atoms with E-state index in [1.165, 1.54) is 0 Å². The highest BCUT2D eigenvalue weighted by Crippen LogP contribution is 2.51. The number of piperidine rings is 1. The van der Waals surface area contributed by atoms with Crippen molar-refractivity contribution in [3.05, 3.63) is 53.6 Å². The summed E-state index contributed by atoms with van der Waals surface area (Å²) < 4.78 is 21.8. The Balaban J connectivity index is 1.68. The number of rotatable bonds is 7. The Morgan fingerprint density at radius 1 is 0.943 bits per heavy atom. The highest BCUT2D eigenvalue weighted by Gasteiger charge is 2.50. The zero-order chi connectivity index (χ0) is 25.0. The smallest absolute Gasteiger partial charge is 0.247 e. The number of carbonyl (C=O) groups is 1. The first-order valence-corrected chi connectivity index (χ1v) is 12.1. The third-order valence-electron chi connectivity index (χ3n) is 7.44. The predicted octanol–water partition coefficient (Wildman–Crippen LogP) is 4.63. The Morgan fingerprint density at radius 2 is 1.71 bits per heavy atom. The molecule has 2 fully saturated rings. The van der Waals surface area contributed by atoms with Crippen LogP contribution in [0.2, 0.25) is 0 Å². The normalized spacial score (nSPS) is 24.1. The van der Waals surface area contributed by atoms with Crippen LogP contribution in [-0.4, -0.2) is 56.5 Å². The van der Waals surface area contributed by atoms with E-state index in [2.05, 4.69) is 0 Å². The number of benzene rings is 2. The van der Waals surface area contributed by atoms with Crippen molar-refractivity contribution >= 4 is 12.0 Å². The van der Waals surface area contributed by atoms with Crippen molar-refractivity contribution < 1.29 is 28.8 Å². The van der Waals surface area contributed by atoms with E-state index in [0.29, 0.717) is 36.0 Å². The molecule has 0 radical (unpaired) electrons. The van der Waals surface area contributed by atoms with Gasteiger partial charge in [0.25, 0.3) is 0 Å². The second kappa shape index (κ2) is 10.6. The van der Waals surface area contributed by atoms with Gasteiger partial charge in [-0.3, -0.25) is 4.79 Å². The first-order valence-electron chi connectivity index (χ1n) is 12.1. The third kappa shape index (κ3) is 4.96. The summed E-state index contributed by atoms with van der Waals surface area (Å²) in [6, 6.07) is 10.9. The topological polar surface area (TPSA) is 77.5 Å². The molecule has 0 spiro atoms. The van der Waals surface area contributed by atoms with Gasteiger partial charge in [-0.1, -0.05) is 18.9 Å². The maximum atomic E-state index is 13.6. The molecule has 3 atom stereocenters. The van der Waals surface area contributed by atoms with Crippen molar-refractivity contribution in [1.82, 2.24) is 4.90 Å².